The number of urea groups is 1. The van der Waals surface area contributed by atoms with Crippen LogP contribution in [0.15, 0.2) is 24.3 Å². The van der Waals surface area contributed by atoms with Gasteiger partial charge in [-0.3, -0.25) is 9.48 Å². The summed E-state index contributed by atoms with van der Waals surface area (Å²) in [5, 5.41) is 16.8. The lowest BCUT2D eigenvalue weighted by Crippen LogP contribution is -2.44. The minimum absolute atomic E-state index is 0.215. The Morgan fingerprint density at radius 2 is 2.04 bits per heavy atom. The molecule has 2 heterocycles. The Morgan fingerprint density at radius 1 is 1.30 bits per heavy atom. The van der Waals surface area contributed by atoms with Crippen molar-refractivity contribution in [2.24, 2.45) is 5.73 Å². The average molecular weight is 366 g/mol. The molecular weight excluding hydrogens is 344 g/mol. The number of carbonyl (C=O) groups is 2. The zero-order valence-electron chi connectivity index (χ0n) is 15.6. The third kappa shape index (κ3) is 3.77. The first-order chi connectivity index (χ1) is 12.7. The Hall–Kier alpha value is -3.34. The Labute approximate surface area is 157 Å². The van der Waals surface area contributed by atoms with Crippen LogP contribution in [0.1, 0.15) is 42.4 Å². The maximum atomic E-state index is 13.1. The van der Waals surface area contributed by atoms with E-state index >= 15 is 0 Å². The van der Waals surface area contributed by atoms with Crippen LogP contribution in [0.5, 0.6) is 0 Å². The van der Waals surface area contributed by atoms with Crippen LogP contribution in [0, 0.1) is 11.3 Å². The molecule has 3 amide bonds. The number of nitrogens with one attached hydrogen (secondary N) is 1. The molecule has 0 bridgehead atoms. The van der Waals surface area contributed by atoms with Crippen molar-refractivity contribution in [1.82, 2.24) is 20.0 Å². The molecule has 0 fully saturated rings. The number of amides is 3. The van der Waals surface area contributed by atoms with Crippen molar-refractivity contribution in [1.29, 1.82) is 5.26 Å². The highest BCUT2D eigenvalue weighted by Crippen LogP contribution is 2.29. The zero-order valence-corrected chi connectivity index (χ0v) is 15.6. The molecule has 8 nitrogen and oxygen atoms in total. The summed E-state index contributed by atoms with van der Waals surface area (Å²) in [4.78, 5) is 26.2. The van der Waals surface area contributed by atoms with Crippen molar-refractivity contribution in [2.45, 2.75) is 39.4 Å². The fraction of sp³-hybridized carbons (Fsp3) is 0.368. The molecule has 0 spiro atoms. The van der Waals surface area contributed by atoms with Gasteiger partial charge in [-0.1, -0.05) is 12.1 Å². The maximum Gasteiger partial charge on any atom is 0.315 e. The summed E-state index contributed by atoms with van der Waals surface area (Å²) in [6.07, 6.45) is 0. The Morgan fingerprint density at radius 3 is 2.67 bits per heavy atom. The second-order valence-corrected chi connectivity index (χ2v) is 7.55. The van der Waals surface area contributed by atoms with Crippen LogP contribution in [0.2, 0.25) is 0 Å². The molecule has 2 aromatic rings. The van der Waals surface area contributed by atoms with Gasteiger partial charge in [0.15, 0.2) is 0 Å². The van der Waals surface area contributed by atoms with Gasteiger partial charge >= 0.3 is 6.03 Å². The lowest BCUT2D eigenvalue weighted by Gasteiger charge is -2.27. The van der Waals surface area contributed by atoms with E-state index in [4.69, 9.17) is 5.73 Å². The summed E-state index contributed by atoms with van der Waals surface area (Å²) in [7, 11) is 0. The lowest BCUT2D eigenvalue weighted by molar-refractivity contribution is 0.0916. The molecule has 0 unspecified atom stereocenters. The third-order valence-electron chi connectivity index (χ3n) is 4.27. The number of carbonyl (C=O) groups excluding carboxylic acids is 2. The molecule has 0 saturated carbocycles. The van der Waals surface area contributed by atoms with Gasteiger partial charge in [0, 0.05) is 17.6 Å². The number of nitrogens with two attached hydrogens (primary N) is 1. The van der Waals surface area contributed by atoms with Crippen LogP contribution >= 0.6 is 0 Å². The van der Waals surface area contributed by atoms with Gasteiger partial charge in [-0.15, -0.1) is 0 Å². The number of benzene rings is 1. The summed E-state index contributed by atoms with van der Waals surface area (Å²) in [6.45, 7) is 6.78. The fourth-order valence-electron chi connectivity index (χ4n) is 3.09. The van der Waals surface area contributed by atoms with E-state index < -0.39 is 11.6 Å². The van der Waals surface area contributed by atoms with Gasteiger partial charge in [0.2, 0.25) is 0 Å². The minimum Gasteiger partial charge on any atom is -0.351 e. The second kappa shape index (κ2) is 6.76. The molecule has 0 radical (unpaired) electrons. The first kappa shape index (κ1) is 18.5. The van der Waals surface area contributed by atoms with Crippen molar-refractivity contribution in [3.05, 3.63) is 41.1 Å². The van der Waals surface area contributed by atoms with E-state index in [-0.39, 0.29) is 12.5 Å². The number of hydrogen-bond donors (Lipinski definition) is 2. The monoisotopic (exact) mass is 366 g/mol. The van der Waals surface area contributed by atoms with E-state index in [2.05, 4.69) is 16.5 Å². The summed E-state index contributed by atoms with van der Waals surface area (Å²) in [5.41, 5.74) is 7.70. The van der Waals surface area contributed by atoms with Crippen LogP contribution in [0.3, 0.4) is 0 Å². The standard InChI is InChI=1S/C19H22N6O2/c1-19(2,3)22-17(26)15-14-11-24(18(21)27)7-8-25(14)23-16(15)13-6-4-5-12(9-13)10-20/h4-6,9H,7-8,11H2,1-3H3,(H2,21,27)(H,22,26). The highest BCUT2D eigenvalue weighted by molar-refractivity contribution is 6.01. The summed E-state index contributed by atoms with van der Waals surface area (Å²) < 4.78 is 1.74. The Balaban J connectivity index is 2.14. The smallest absolute Gasteiger partial charge is 0.315 e. The van der Waals surface area contributed by atoms with Crippen molar-refractivity contribution < 1.29 is 9.59 Å². The summed E-state index contributed by atoms with van der Waals surface area (Å²) in [5.74, 6) is -0.271. The van der Waals surface area contributed by atoms with Crippen LogP contribution in [-0.4, -0.2) is 38.7 Å². The highest BCUT2D eigenvalue weighted by Gasteiger charge is 2.31. The molecule has 1 aliphatic rings. The first-order valence-corrected chi connectivity index (χ1v) is 8.66. The van der Waals surface area contributed by atoms with Crippen LogP contribution < -0.4 is 11.1 Å². The molecule has 3 rings (SSSR count). The molecule has 1 aromatic carbocycles. The first-order valence-electron chi connectivity index (χ1n) is 8.66. The Kier molecular flexibility index (Phi) is 4.62. The minimum atomic E-state index is -0.530. The highest BCUT2D eigenvalue weighted by atomic mass is 16.2. The predicted molar refractivity (Wildman–Crippen MR) is 99.6 cm³/mol. The zero-order chi connectivity index (χ0) is 19.8. The summed E-state index contributed by atoms with van der Waals surface area (Å²) in [6, 6.07) is 8.55. The molecule has 0 saturated heterocycles. The second-order valence-electron chi connectivity index (χ2n) is 7.55. The van der Waals surface area contributed by atoms with Gasteiger partial charge in [0.25, 0.3) is 5.91 Å². The molecule has 1 aromatic heterocycles. The van der Waals surface area contributed by atoms with E-state index in [0.29, 0.717) is 41.2 Å². The van der Waals surface area contributed by atoms with E-state index in [1.807, 2.05) is 26.8 Å². The fourth-order valence-corrected chi connectivity index (χ4v) is 3.09. The molecule has 0 aliphatic carbocycles. The molecule has 27 heavy (non-hydrogen) atoms. The van der Waals surface area contributed by atoms with Crippen molar-refractivity contribution in [3.8, 4) is 17.3 Å². The number of aromatic nitrogens is 2. The molecule has 3 N–H and O–H groups in total. The maximum absolute atomic E-state index is 13.1. The number of rotatable bonds is 2. The van der Waals surface area contributed by atoms with Gasteiger partial charge in [0.1, 0.15) is 5.69 Å². The quantitative estimate of drug-likeness (QED) is 0.843. The number of nitriles is 1. The Bertz CT molecular complexity index is 948. The topological polar surface area (TPSA) is 117 Å². The van der Waals surface area contributed by atoms with Gasteiger partial charge in [0.05, 0.1) is 36.0 Å². The number of primary amides is 1. The molecule has 0 atom stereocenters. The largest absolute Gasteiger partial charge is 0.351 e. The predicted octanol–water partition coefficient (Wildman–Crippen LogP) is 1.84. The number of nitrogens with zero attached hydrogens (tertiary/aromatic N) is 4. The van der Waals surface area contributed by atoms with Crippen LogP contribution in [0.4, 0.5) is 4.79 Å². The molecular formula is C19H22N6O2. The van der Waals surface area contributed by atoms with E-state index in [9.17, 15) is 14.9 Å². The van der Waals surface area contributed by atoms with Gasteiger partial charge in [-0.05, 0) is 32.9 Å². The van der Waals surface area contributed by atoms with Gasteiger partial charge in [-0.2, -0.15) is 10.4 Å². The number of fused-ring (bicyclic) bond motifs is 1. The SMILES string of the molecule is CC(C)(C)NC(=O)c1c(-c2cccc(C#N)c2)nn2c1CN(C(N)=O)CC2. The van der Waals surface area contributed by atoms with Crippen molar-refractivity contribution in [2.75, 3.05) is 6.54 Å². The normalized spacial score (nSPS) is 13.6. The lowest BCUT2D eigenvalue weighted by atomic mass is 10.0. The number of hydrogen-bond acceptors (Lipinski definition) is 4. The summed E-state index contributed by atoms with van der Waals surface area (Å²) >= 11 is 0. The van der Waals surface area contributed by atoms with Crippen LogP contribution in [0.25, 0.3) is 11.3 Å². The average Bonchev–Trinajstić information content (AvgIpc) is 2.99. The van der Waals surface area contributed by atoms with Gasteiger partial charge in [-0.25, -0.2) is 4.79 Å². The van der Waals surface area contributed by atoms with Crippen molar-refractivity contribution in [3.63, 3.8) is 0 Å². The van der Waals surface area contributed by atoms with Crippen molar-refractivity contribution >= 4 is 11.9 Å². The van der Waals surface area contributed by atoms with E-state index in [1.54, 1.807) is 22.9 Å². The molecule has 1 aliphatic heterocycles. The molecule has 8 heteroatoms. The third-order valence-corrected chi connectivity index (χ3v) is 4.27. The molecule has 140 valence electrons. The van der Waals surface area contributed by atoms with E-state index in [0.717, 1.165) is 0 Å². The van der Waals surface area contributed by atoms with E-state index in [1.165, 1.54) is 4.90 Å². The van der Waals surface area contributed by atoms with Crippen LogP contribution in [-0.2, 0) is 13.1 Å². The van der Waals surface area contributed by atoms with Gasteiger partial charge < -0.3 is 16.0 Å².